The van der Waals surface area contributed by atoms with Gasteiger partial charge in [-0.3, -0.25) is 0 Å². The van der Waals surface area contributed by atoms with Gasteiger partial charge in [0.25, 0.3) is 0 Å². The van der Waals surface area contributed by atoms with E-state index in [1.807, 2.05) is 6.92 Å². The zero-order valence-electron chi connectivity index (χ0n) is 8.57. The highest BCUT2D eigenvalue weighted by Crippen LogP contribution is 2.14. The maximum absolute atomic E-state index is 5.67. The zero-order valence-corrected chi connectivity index (χ0v) is 9.33. The average molecular weight is 232 g/mol. The fourth-order valence-electron chi connectivity index (χ4n) is 0.939. The molecule has 0 radical (unpaired) electrons. The molecule has 15 heavy (non-hydrogen) atoms. The Morgan fingerprint density at radius 1 is 1.33 bits per heavy atom. The lowest BCUT2D eigenvalue weighted by atomic mass is 10.5. The molecular weight excluding hydrogens is 218 g/mol. The molecule has 1 rings (SSSR count). The number of ether oxygens (including phenoxy) is 2. The molecule has 1 aromatic heterocycles. The van der Waals surface area contributed by atoms with Gasteiger partial charge in [0.05, 0.1) is 6.61 Å². The molecule has 0 atom stereocenters. The molecule has 0 amide bonds. The summed E-state index contributed by atoms with van der Waals surface area (Å²) >= 11 is 5.67. The Labute approximate surface area is 93.6 Å². The summed E-state index contributed by atoms with van der Waals surface area (Å²) in [7, 11) is 0. The van der Waals surface area contributed by atoms with Crippen LogP contribution in [0.2, 0.25) is 5.15 Å². The first-order valence-electron chi connectivity index (χ1n) is 4.73. The molecule has 6 heteroatoms. The molecule has 0 fully saturated rings. The van der Waals surface area contributed by atoms with Gasteiger partial charge in [0, 0.05) is 12.7 Å². The van der Waals surface area contributed by atoms with Crippen LogP contribution in [0.25, 0.3) is 0 Å². The van der Waals surface area contributed by atoms with Crippen LogP contribution in [0, 0.1) is 0 Å². The quantitative estimate of drug-likeness (QED) is 0.594. The second kappa shape index (κ2) is 6.42. The van der Waals surface area contributed by atoms with E-state index in [9.17, 15) is 0 Å². The van der Waals surface area contributed by atoms with E-state index in [4.69, 9.17) is 26.8 Å². The molecule has 1 heterocycles. The van der Waals surface area contributed by atoms with Crippen molar-refractivity contribution >= 4 is 17.5 Å². The van der Waals surface area contributed by atoms with Gasteiger partial charge in [-0.05, 0) is 6.42 Å². The lowest BCUT2D eigenvalue weighted by Crippen LogP contribution is -2.08. The van der Waals surface area contributed by atoms with Gasteiger partial charge in [0.15, 0.2) is 0 Å². The standard InChI is InChI=1S/C9H14ClN3O2/c1-2-3-14-4-5-15-8-6-7(10)12-9(11)13-8/h6H,2-5H2,1H3,(H2,11,12,13). The average Bonchev–Trinajstić information content (AvgIpc) is 2.16. The van der Waals surface area contributed by atoms with Gasteiger partial charge < -0.3 is 15.2 Å². The largest absolute Gasteiger partial charge is 0.475 e. The number of halogens is 1. The van der Waals surface area contributed by atoms with Gasteiger partial charge in [-0.2, -0.15) is 4.98 Å². The minimum absolute atomic E-state index is 0.104. The third kappa shape index (κ3) is 4.80. The molecule has 0 bridgehead atoms. The van der Waals surface area contributed by atoms with Crippen LogP contribution in [0.5, 0.6) is 5.88 Å². The van der Waals surface area contributed by atoms with E-state index in [1.165, 1.54) is 6.07 Å². The number of anilines is 1. The van der Waals surface area contributed by atoms with E-state index in [-0.39, 0.29) is 11.1 Å². The van der Waals surface area contributed by atoms with Crippen molar-refractivity contribution < 1.29 is 9.47 Å². The van der Waals surface area contributed by atoms with E-state index in [2.05, 4.69) is 9.97 Å². The van der Waals surface area contributed by atoms with Crippen molar-refractivity contribution in [1.29, 1.82) is 0 Å². The number of nitrogens with zero attached hydrogens (tertiary/aromatic N) is 2. The van der Waals surface area contributed by atoms with Gasteiger partial charge in [-0.25, -0.2) is 4.98 Å². The van der Waals surface area contributed by atoms with Crippen LogP contribution in [0.1, 0.15) is 13.3 Å². The third-order valence-electron chi connectivity index (χ3n) is 1.51. The van der Waals surface area contributed by atoms with E-state index in [1.54, 1.807) is 0 Å². The van der Waals surface area contributed by atoms with Crippen molar-refractivity contribution in [2.24, 2.45) is 0 Å². The van der Waals surface area contributed by atoms with Crippen LogP contribution in [0.15, 0.2) is 6.07 Å². The van der Waals surface area contributed by atoms with Crippen LogP contribution in [-0.4, -0.2) is 29.8 Å². The summed E-state index contributed by atoms with van der Waals surface area (Å²) in [5, 5.41) is 0.270. The Balaban J connectivity index is 2.31. The predicted octanol–water partition coefficient (Wildman–Crippen LogP) is 1.52. The Kier molecular flexibility index (Phi) is 5.14. The first kappa shape index (κ1) is 12.0. The monoisotopic (exact) mass is 231 g/mol. The summed E-state index contributed by atoms with van der Waals surface area (Å²) in [6, 6.07) is 1.51. The second-order valence-corrected chi connectivity index (χ2v) is 3.24. The zero-order chi connectivity index (χ0) is 11.1. The molecule has 0 saturated heterocycles. The van der Waals surface area contributed by atoms with E-state index in [0.29, 0.717) is 19.1 Å². The van der Waals surface area contributed by atoms with E-state index in [0.717, 1.165) is 13.0 Å². The maximum Gasteiger partial charge on any atom is 0.224 e. The summed E-state index contributed by atoms with van der Waals surface area (Å²) in [6.07, 6.45) is 0.992. The molecule has 0 aliphatic heterocycles. The highest BCUT2D eigenvalue weighted by atomic mass is 35.5. The highest BCUT2D eigenvalue weighted by Gasteiger charge is 2.00. The molecule has 2 N–H and O–H groups in total. The molecule has 5 nitrogen and oxygen atoms in total. The van der Waals surface area contributed by atoms with Gasteiger partial charge in [-0.15, -0.1) is 0 Å². The van der Waals surface area contributed by atoms with Crippen molar-refractivity contribution in [3.05, 3.63) is 11.2 Å². The number of hydrogen-bond acceptors (Lipinski definition) is 5. The van der Waals surface area contributed by atoms with E-state index >= 15 is 0 Å². The summed E-state index contributed by atoms with van der Waals surface area (Å²) in [5.41, 5.74) is 5.39. The first-order chi connectivity index (χ1) is 7.22. The minimum atomic E-state index is 0.104. The highest BCUT2D eigenvalue weighted by molar-refractivity contribution is 6.29. The molecule has 1 aromatic rings. The normalized spacial score (nSPS) is 10.3. The molecule has 0 spiro atoms. The van der Waals surface area contributed by atoms with Crippen LogP contribution in [0.4, 0.5) is 5.95 Å². The van der Waals surface area contributed by atoms with Gasteiger partial charge in [0.2, 0.25) is 11.8 Å². The Morgan fingerprint density at radius 2 is 2.13 bits per heavy atom. The Morgan fingerprint density at radius 3 is 2.80 bits per heavy atom. The molecule has 0 saturated carbocycles. The predicted molar refractivity (Wildman–Crippen MR) is 58.1 cm³/mol. The van der Waals surface area contributed by atoms with Crippen molar-refractivity contribution in [3.63, 3.8) is 0 Å². The molecular formula is C9H14ClN3O2. The molecule has 0 aliphatic carbocycles. The third-order valence-corrected chi connectivity index (χ3v) is 1.71. The second-order valence-electron chi connectivity index (χ2n) is 2.85. The van der Waals surface area contributed by atoms with Crippen molar-refractivity contribution in [2.45, 2.75) is 13.3 Å². The number of aromatic nitrogens is 2. The Hall–Kier alpha value is -1.07. The molecule has 0 aromatic carbocycles. The van der Waals surface area contributed by atoms with Gasteiger partial charge in [-0.1, -0.05) is 18.5 Å². The molecule has 0 unspecified atom stereocenters. The van der Waals surface area contributed by atoms with Crippen molar-refractivity contribution in [2.75, 3.05) is 25.6 Å². The summed E-state index contributed by atoms with van der Waals surface area (Å²) < 4.78 is 10.5. The lowest BCUT2D eigenvalue weighted by molar-refractivity contribution is 0.0990. The summed E-state index contributed by atoms with van der Waals surface area (Å²) in [6.45, 7) is 3.73. The maximum atomic E-state index is 5.67. The number of rotatable bonds is 6. The fraction of sp³-hybridized carbons (Fsp3) is 0.556. The molecule has 0 aliphatic rings. The lowest BCUT2D eigenvalue weighted by Gasteiger charge is -2.06. The van der Waals surface area contributed by atoms with Crippen LogP contribution < -0.4 is 10.5 Å². The fourth-order valence-corrected chi connectivity index (χ4v) is 1.12. The first-order valence-corrected chi connectivity index (χ1v) is 5.10. The number of nitrogens with two attached hydrogens (primary N) is 1. The summed E-state index contributed by atoms with van der Waals surface area (Å²) in [4.78, 5) is 7.57. The Bertz CT molecular complexity index is 289. The smallest absolute Gasteiger partial charge is 0.224 e. The number of nitrogen functional groups attached to an aromatic ring is 1. The van der Waals surface area contributed by atoms with Gasteiger partial charge >= 0.3 is 0 Å². The molecule has 84 valence electrons. The SMILES string of the molecule is CCCOCCOc1cc(Cl)nc(N)n1. The van der Waals surface area contributed by atoms with E-state index < -0.39 is 0 Å². The minimum Gasteiger partial charge on any atom is -0.475 e. The van der Waals surface area contributed by atoms with Crippen LogP contribution >= 0.6 is 11.6 Å². The number of hydrogen-bond donors (Lipinski definition) is 1. The van der Waals surface area contributed by atoms with Gasteiger partial charge in [0.1, 0.15) is 11.8 Å². The summed E-state index contributed by atoms with van der Waals surface area (Å²) in [5.74, 6) is 0.472. The van der Waals surface area contributed by atoms with Crippen LogP contribution in [-0.2, 0) is 4.74 Å². The van der Waals surface area contributed by atoms with Crippen LogP contribution in [0.3, 0.4) is 0 Å². The topological polar surface area (TPSA) is 70.3 Å². The van der Waals surface area contributed by atoms with Crippen molar-refractivity contribution in [1.82, 2.24) is 9.97 Å². The van der Waals surface area contributed by atoms with Crippen molar-refractivity contribution in [3.8, 4) is 5.88 Å².